The summed E-state index contributed by atoms with van der Waals surface area (Å²) in [7, 11) is 0. The maximum atomic E-state index is 13.1. The van der Waals surface area contributed by atoms with Crippen LogP contribution in [-0.2, 0) is 14.3 Å². The average molecular weight is 451 g/mol. The highest BCUT2D eigenvalue weighted by Gasteiger charge is 2.60. The normalized spacial score (nSPS) is 30.8. The third kappa shape index (κ3) is 6.01. The minimum Gasteiger partial charge on any atom is -0.480 e. The topological polar surface area (TPSA) is 106 Å². The van der Waals surface area contributed by atoms with Crippen molar-refractivity contribution >= 4 is 11.9 Å². The maximum Gasteiger partial charge on any atom is 0.317 e. The second kappa shape index (κ2) is 11.3. The van der Waals surface area contributed by atoms with Gasteiger partial charge in [-0.1, -0.05) is 32.1 Å². The first-order valence-electron chi connectivity index (χ1n) is 12.9. The number of carboxylic acid groups (broad SMARTS) is 1. The fourth-order valence-corrected chi connectivity index (χ4v) is 6.21. The number of epoxide rings is 1. The monoisotopic (exact) mass is 450 g/mol. The highest BCUT2D eigenvalue weighted by molar-refractivity contribution is 5.82. The first-order chi connectivity index (χ1) is 15.6. The second-order valence-electron chi connectivity index (χ2n) is 10.3. The summed E-state index contributed by atoms with van der Waals surface area (Å²) in [5.74, 6) is 0.578. The molecule has 3 heterocycles. The van der Waals surface area contributed by atoms with Crippen LogP contribution in [0.4, 0.5) is 0 Å². The van der Waals surface area contributed by atoms with Gasteiger partial charge in [0, 0.05) is 13.1 Å². The van der Waals surface area contributed by atoms with Gasteiger partial charge < -0.3 is 25.8 Å². The molecule has 3 atom stereocenters. The van der Waals surface area contributed by atoms with E-state index in [1.54, 1.807) is 0 Å². The van der Waals surface area contributed by atoms with Crippen LogP contribution in [-0.4, -0.2) is 79.0 Å². The molecule has 0 aromatic heterocycles. The van der Waals surface area contributed by atoms with Crippen LogP contribution >= 0.6 is 0 Å². The molecule has 1 saturated carbocycles. The number of hydrogen-bond donors (Lipinski definition) is 4. The van der Waals surface area contributed by atoms with Crippen molar-refractivity contribution in [1.29, 1.82) is 0 Å². The summed E-state index contributed by atoms with van der Waals surface area (Å²) in [6.45, 7) is 4.26. The van der Waals surface area contributed by atoms with Gasteiger partial charge in [-0.25, -0.2) is 0 Å². The number of amides is 1. The van der Waals surface area contributed by atoms with Crippen molar-refractivity contribution in [3.05, 3.63) is 0 Å². The van der Waals surface area contributed by atoms with E-state index in [0.717, 1.165) is 51.9 Å². The van der Waals surface area contributed by atoms with Crippen LogP contribution in [0.5, 0.6) is 0 Å². The summed E-state index contributed by atoms with van der Waals surface area (Å²) in [6, 6.07) is -0.226. The Bertz CT molecular complexity index is 629. The van der Waals surface area contributed by atoms with Crippen LogP contribution < -0.4 is 16.0 Å². The Morgan fingerprint density at radius 2 is 1.81 bits per heavy atom. The van der Waals surface area contributed by atoms with Crippen molar-refractivity contribution in [2.75, 3.05) is 39.3 Å². The van der Waals surface area contributed by atoms with E-state index in [1.807, 2.05) is 0 Å². The number of ether oxygens (including phenoxy) is 1. The molecule has 8 heteroatoms. The molecule has 4 aliphatic rings. The molecule has 1 unspecified atom stereocenters. The molecular weight excluding hydrogens is 408 g/mol. The van der Waals surface area contributed by atoms with Crippen LogP contribution in [0.25, 0.3) is 0 Å². The molecule has 182 valence electrons. The predicted molar refractivity (Wildman–Crippen MR) is 122 cm³/mol. The second-order valence-corrected chi connectivity index (χ2v) is 10.3. The van der Waals surface area contributed by atoms with E-state index in [4.69, 9.17) is 4.74 Å². The molecule has 1 amide bonds. The number of piperidine rings is 1. The zero-order chi connectivity index (χ0) is 22.4. The van der Waals surface area contributed by atoms with Gasteiger partial charge in [-0.15, -0.1) is 0 Å². The van der Waals surface area contributed by atoms with Gasteiger partial charge in [0.25, 0.3) is 0 Å². The van der Waals surface area contributed by atoms with Crippen molar-refractivity contribution in [3.63, 3.8) is 0 Å². The molecule has 0 aromatic rings. The van der Waals surface area contributed by atoms with E-state index in [-0.39, 0.29) is 24.5 Å². The van der Waals surface area contributed by atoms with Gasteiger partial charge in [0.05, 0.1) is 25.2 Å². The van der Waals surface area contributed by atoms with E-state index < -0.39 is 11.7 Å². The van der Waals surface area contributed by atoms with Gasteiger partial charge in [0.15, 0.2) is 5.72 Å². The number of hydrogen-bond acceptors (Lipinski definition) is 6. The minimum absolute atomic E-state index is 0.0511. The molecule has 8 nitrogen and oxygen atoms in total. The van der Waals surface area contributed by atoms with Crippen LogP contribution in [0, 0.1) is 11.8 Å². The van der Waals surface area contributed by atoms with Crippen molar-refractivity contribution in [1.82, 2.24) is 20.9 Å². The van der Waals surface area contributed by atoms with Crippen LogP contribution in [0.2, 0.25) is 0 Å². The Labute approximate surface area is 192 Å². The lowest BCUT2D eigenvalue weighted by Crippen LogP contribution is -2.59. The number of nitrogens with zero attached hydrogens (tertiary/aromatic N) is 1. The molecule has 0 radical (unpaired) electrons. The lowest BCUT2D eigenvalue weighted by molar-refractivity contribution is -0.137. The van der Waals surface area contributed by atoms with Gasteiger partial charge in [0.2, 0.25) is 5.91 Å². The van der Waals surface area contributed by atoms with E-state index in [9.17, 15) is 14.7 Å². The van der Waals surface area contributed by atoms with Gasteiger partial charge in [-0.2, -0.15) is 0 Å². The molecule has 4 rings (SSSR count). The van der Waals surface area contributed by atoms with E-state index >= 15 is 0 Å². The highest BCUT2D eigenvalue weighted by atomic mass is 16.6. The van der Waals surface area contributed by atoms with E-state index in [1.165, 1.54) is 44.9 Å². The van der Waals surface area contributed by atoms with Crippen molar-refractivity contribution in [2.45, 2.75) is 88.4 Å². The lowest BCUT2D eigenvalue weighted by Gasteiger charge is -2.38. The number of rotatable bonds is 11. The van der Waals surface area contributed by atoms with E-state index in [2.05, 4.69) is 20.9 Å². The fraction of sp³-hybridized carbons (Fsp3) is 0.917. The average Bonchev–Trinajstić information content (AvgIpc) is 3.45. The summed E-state index contributed by atoms with van der Waals surface area (Å²) < 4.78 is 6.08. The van der Waals surface area contributed by atoms with Gasteiger partial charge in [-0.05, 0) is 63.5 Å². The smallest absolute Gasteiger partial charge is 0.317 e. The number of carboxylic acids is 1. The van der Waals surface area contributed by atoms with Crippen molar-refractivity contribution in [2.24, 2.45) is 11.8 Å². The molecule has 4 fully saturated rings. The van der Waals surface area contributed by atoms with Gasteiger partial charge in [-0.3, -0.25) is 14.5 Å². The molecule has 3 aliphatic heterocycles. The quantitative estimate of drug-likeness (QED) is 0.355. The minimum atomic E-state index is -0.844. The molecule has 3 saturated heterocycles. The fourth-order valence-electron chi connectivity index (χ4n) is 6.21. The number of likely N-dealkylation sites (tertiary alicyclic amines) is 1. The summed E-state index contributed by atoms with van der Waals surface area (Å²) in [6.07, 6.45) is 12.4. The Morgan fingerprint density at radius 3 is 2.50 bits per heavy atom. The third-order valence-electron chi connectivity index (χ3n) is 8.13. The number of carbonyl (C=O) groups excluding carboxylic acids is 1. The molecule has 32 heavy (non-hydrogen) atoms. The molecular formula is C24H42N4O4. The Hall–Kier alpha value is -1.22. The zero-order valence-corrected chi connectivity index (χ0v) is 19.4. The molecule has 0 bridgehead atoms. The Morgan fingerprint density at radius 1 is 1.06 bits per heavy atom. The maximum absolute atomic E-state index is 13.1. The summed E-state index contributed by atoms with van der Waals surface area (Å²) in [5.41, 5.74) is -0.527. The molecule has 0 aromatic carbocycles. The van der Waals surface area contributed by atoms with Crippen LogP contribution in [0.1, 0.15) is 70.6 Å². The first kappa shape index (κ1) is 23.9. The number of aliphatic carboxylic acids is 1. The molecule has 4 N–H and O–H groups in total. The van der Waals surface area contributed by atoms with Crippen LogP contribution in [0.3, 0.4) is 0 Å². The highest BCUT2D eigenvalue weighted by Crippen LogP contribution is 2.43. The Kier molecular flexibility index (Phi) is 8.43. The largest absolute Gasteiger partial charge is 0.480 e. The number of nitrogens with one attached hydrogen (secondary N) is 3. The van der Waals surface area contributed by atoms with E-state index in [0.29, 0.717) is 18.4 Å². The standard InChI is InChI=1S/C24H42N4O4/c29-22(30)16-27-21(15-19-5-2-1-3-6-19)24(17-32-24)28-14-4-7-20(28)23(31)26-13-10-18-8-11-25-12-9-18/h18-21,25,27H,1-17H2,(H,26,31)(H,29,30)/t20-,21+,24?/m0/s1. The predicted octanol–water partition coefficient (Wildman–Crippen LogP) is 1.70. The lowest BCUT2D eigenvalue weighted by atomic mass is 9.83. The summed E-state index contributed by atoms with van der Waals surface area (Å²) in [5, 5.41) is 19.2. The molecule has 0 spiro atoms. The first-order valence-corrected chi connectivity index (χ1v) is 12.9. The summed E-state index contributed by atoms with van der Waals surface area (Å²) in [4.78, 5) is 26.7. The molecule has 1 aliphatic carbocycles. The SMILES string of the molecule is O=C(O)CN[C@H](CC1CCCCC1)C1(N2CCC[C@H]2C(=O)NCCC2CCNCC2)CO1. The third-order valence-corrected chi connectivity index (χ3v) is 8.13. The summed E-state index contributed by atoms with van der Waals surface area (Å²) >= 11 is 0. The van der Waals surface area contributed by atoms with Gasteiger partial charge in [0.1, 0.15) is 0 Å². The van der Waals surface area contributed by atoms with Gasteiger partial charge >= 0.3 is 5.97 Å². The van der Waals surface area contributed by atoms with Crippen molar-refractivity contribution < 1.29 is 19.4 Å². The number of carbonyl (C=O) groups is 2. The van der Waals surface area contributed by atoms with Crippen molar-refractivity contribution in [3.8, 4) is 0 Å². The van der Waals surface area contributed by atoms with Crippen LogP contribution in [0.15, 0.2) is 0 Å². The Balaban J connectivity index is 1.35. The zero-order valence-electron chi connectivity index (χ0n) is 19.4.